The first-order valence-electron chi connectivity index (χ1n) is 9.92. The van der Waals surface area contributed by atoms with E-state index in [9.17, 15) is 9.59 Å². The molecule has 29 heavy (non-hydrogen) atoms. The molecule has 3 unspecified atom stereocenters. The number of hydrogen-bond donors (Lipinski definition) is 2. The van der Waals surface area contributed by atoms with Gasteiger partial charge in [0, 0.05) is 6.42 Å². The number of nitrogens with zero attached hydrogens (tertiary/aromatic N) is 2. The minimum atomic E-state index is -1.80. The van der Waals surface area contributed by atoms with Crippen molar-refractivity contribution in [2.24, 2.45) is 4.99 Å². The van der Waals surface area contributed by atoms with E-state index in [0.29, 0.717) is 13.0 Å². The van der Waals surface area contributed by atoms with Gasteiger partial charge in [-0.3, -0.25) is 10.2 Å². The molecule has 166 valence electrons. The summed E-state index contributed by atoms with van der Waals surface area (Å²) in [6, 6.07) is -0.487. The second kappa shape index (κ2) is 9.56. The zero-order valence-electron chi connectivity index (χ0n) is 18.4. The molecule has 0 saturated carbocycles. The minimum absolute atomic E-state index is 0.0659. The highest BCUT2D eigenvalue weighted by Gasteiger charge is 2.43. The lowest BCUT2D eigenvalue weighted by Crippen LogP contribution is -2.55. The topological polar surface area (TPSA) is 111 Å². The van der Waals surface area contributed by atoms with Crippen LogP contribution in [0.3, 0.4) is 0 Å². The van der Waals surface area contributed by atoms with Crippen LogP contribution in [-0.2, 0) is 18.3 Å². The Morgan fingerprint density at radius 1 is 1.28 bits per heavy atom. The van der Waals surface area contributed by atoms with Crippen LogP contribution in [0.2, 0.25) is 39.3 Å². The molecule has 3 atom stereocenters. The molecule has 1 fully saturated rings. The van der Waals surface area contributed by atoms with E-state index in [4.69, 9.17) is 18.3 Å². The summed E-state index contributed by atoms with van der Waals surface area (Å²) in [7, 11) is -3.52. The third-order valence-electron chi connectivity index (χ3n) is 4.08. The van der Waals surface area contributed by atoms with E-state index in [1.54, 1.807) is 6.92 Å². The van der Waals surface area contributed by atoms with Crippen molar-refractivity contribution in [3.63, 3.8) is 0 Å². The van der Waals surface area contributed by atoms with Crippen LogP contribution < -0.4 is 10.6 Å². The van der Waals surface area contributed by atoms with Gasteiger partial charge in [-0.1, -0.05) is 0 Å². The predicted octanol–water partition coefficient (Wildman–Crippen LogP) is 2.26. The number of amides is 3. The second-order valence-electron chi connectivity index (χ2n) is 8.95. The van der Waals surface area contributed by atoms with Crippen LogP contribution in [0.1, 0.15) is 13.3 Å². The Hall–Kier alpha value is -1.48. The summed E-state index contributed by atoms with van der Waals surface area (Å²) in [5.74, 6) is 0.0659. The Morgan fingerprint density at radius 3 is 2.52 bits per heavy atom. The summed E-state index contributed by atoms with van der Waals surface area (Å²) < 4.78 is 23.3. The number of urea groups is 1. The van der Waals surface area contributed by atoms with Gasteiger partial charge in [0.25, 0.3) is 0 Å². The van der Waals surface area contributed by atoms with Crippen LogP contribution in [0.25, 0.3) is 0 Å². The molecule has 0 aromatic rings. The van der Waals surface area contributed by atoms with Crippen molar-refractivity contribution in [2.45, 2.75) is 71.1 Å². The van der Waals surface area contributed by atoms with Gasteiger partial charge in [0.15, 0.2) is 16.6 Å². The molecule has 0 bridgehead atoms. The van der Waals surface area contributed by atoms with Gasteiger partial charge in [-0.05, 0) is 46.2 Å². The molecule has 1 saturated heterocycles. The molecule has 0 radical (unpaired) electrons. The molecule has 2 rings (SSSR count). The van der Waals surface area contributed by atoms with E-state index >= 15 is 0 Å². The summed E-state index contributed by atoms with van der Waals surface area (Å²) in [6.45, 7) is 15.3. The maximum Gasteiger partial charge on any atom is 0.413 e. The lowest BCUT2D eigenvalue weighted by atomic mass is 10.2. The molecular formula is C17H34N4O6Si2. The summed E-state index contributed by atoms with van der Waals surface area (Å²) >= 11 is 0. The van der Waals surface area contributed by atoms with Crippen LogP contribution in [-0.4, -0.2) is 77.9 Å². The van der Waals surface area contributed by atoms with Crippen molar-refractivity contribution >= 4 is 34.7 Å². The molecule has 0 aromatic heterocycles. The maximum atomic E-state index is 12.5. The smallest absolute Gasteiger partial charge is 0.413 e. The Labute approximate surface area is 174 Å². The van der Waals surface area contributed by atoms with Gasteiger partial charge >= 0.3 is 12.1 Å². The Bertz CT molecular complexity index is 634. The van der Waals surface area contributed by atoms with Crippen LogP contribution in [0.15, 0.2) is 4.99 Å². The molecule has 2 heterocycles. The first-order chi connectivity index (χ1) is 13.4. The average molecular weight is 447 g/mol. The highest BCUT2D eigenvalue weighted by Crippen LogP contribution is 2.29. The number of carbonyl (C=O) groups is 2. The maximum absolute atomic E-state index is 12.5. The standard InChI is InChI=1S/C17H34N4O6Si2/c1-8-24-17(23)20-15-18-11-21(16(22)19-15)14-9-12(27-29(5,6)7)13(26-14)10-25-28(2,3)4/h12-14H,8-11H2,1-7H3,(H2,18,19,20,22,23). The molecule has 2 aliphatic rings. The summed E-state index contributed by atoms with van der Waals surface area (Å²) in [4.78, 5) is 29.4. The SMILES string of the molecule is CCOC(=O)NC1=NC(=O)N(C2CC(O[Si](C)(C)C)C(CO[Si](C)(C)C)O2)CN1. The third kappa shape index (κ3) is 7.70. The highest BCUT2D eigenvalue weighted by atomic mass is 28.4. The van der Waals surface area contributed by atoms with Crippen molar-refractivity contribution in [2.75, 3.05) is 19.9 Å². The largest absolute Gasteiger partial charge is 0.450 e. The molecule has 2 N–H and O–H groups in total. The quantitative estimate of drug-likeness (QED) is 0.577. The predicted molar refractivity (Wildman–Crippen MR) is 114 cm³/mol. The Balaban J connectivity index is 2.03. The van der Waals surface area contributed by atoms with E-state index in [2.05, 4.69) is 54.9 Å². The third-order valence-corrected chi connectivity index (χ3v) is 6.12. The van der Waals surface area contributed by atoms with E-state index < -0.39 is 35.0 Å². The number of aliphatic imine (C=N–C) groups is 1. The summed E-state index contributed by atoms with van der Waals surface area (Å²) in [5, 5.41) is 5.31. The normalized spacial score (nSPS) is 25.5. The van der Waals surface area contributed by atoms with Gasteiger partial charge < -0.3 is 23.6 Å². The molecule has 12 heteroatoms. The monoisotopic (exact) mass is 446 g/mol. The van der Waals surface area contributed by atoms with Gasteiger partial charge in [0.2, 0.25) is 5.96 Å². The molecular weight excluding hydrogens is 412 g/mol. The lowest BCUT2D eigenvalue weighted by molar-refractivity contribution is -0.0599. The zero-order chi connectivity index (χ0) is 21.8. The van der Waals surface area contributed by atoms with E-state index in [1.165, 1.54) is 4.90 Å². The first-order valence-corrected chi connectivity index (χ1v) is 16.7. The first kappa shape index (κ1) is 23.8. The molecule has 0 aromatic carbocycles. The molecule has 10 nitrogen and oxygen atoms in total. The molecule has 3 amide bonds. The van der Waals surface area contributed by atoms with Crippen molar-refractivity contribution in [3.05, 3.63) is 0 Å². The molecule has 0 aliphatic carbocycles. The number of rotatable bonds is 7. The highest BCUT2D eigenvalue weighted by molar-refractivity contribution is 6.70. The van der Waals surface area contributed by atoms with Crippen LogP contribution in [0.5, 0.6) is 0 Å². The van der Waals surface area contributed by atoms with Gasteiger partial charge in [0.1, 0.15) is 12.3 Å². The van der Waals surface area contributed by atoms with Gasteiger partial charge in [-0.15, -0.1) is 0 Å². The van der Waals surface area contributed by atoms with Gasteiger partial charge in [-0.2, -0.15) is 4.99 Å². The van der Waals surface area contributed by atoms with Crippen molar-refractivity contribution in [3.8, 4) is 0 Å². The summed E-state index contributed by atoms with van der Waals surface area (Å²) in [6.07, 6.45) is -0.968. The van der Waals surface area contributed by atoms with E-state index in [-0.39, 0.29) is 31.4 Å². The van der Waals surface area contributed by atoms with Gasteiger partial charge in [0.05, 0.1) is 26.0 Å². The average Bonchev–Trinajstić information content (AvgIpc) is 2.93. The number of nitrogens with one attached hydrogen (secondary N) is 2. The number of ether oxygens (including phenoxy) is 2. The van der Waals surface area contributed by atoms with Crippen LogP contribution >= 0.6 is 0 Å². The fourth-order valence-electron chi connectivity index (χ4n) is 2.94. The number of hydrogen-bond acceptors (Lipinski definition) is 7. The minimum Gasteiger partial charge on any atom is -0.450 e. The second-order valence-corrected chi connectivity index (χ2v) is 17.9. The van der Waals surface area contributed by atoms with Crippen molar-refractivity contribution in [1.82, 2.24) is 15.5 Å². The number of carbonyl (C=O) groups excluding carboxylic acids is 2. The lowest BCUT2D eigenvalue weighted by Gasteiger charge is -2.31. The number of guanidine groups is 1. The van der Waals surface area contributed by atoms with Gasteiger partial charge in [-0.25, -0.2) is 9.59 Å². The van der Waals surface area contributed by atoms with Crippen molar-refractivity contribution < 1.29 is 27.9 Å². The van der Waals surface area contributed by atoms with E-state index in [0.717, 1.165) is 0 Å². The number of alkyl carbamates (subject to hydrolysis) is 1. The fourth-order valence-corrected chi connectivity index (χ4v) is 4.76. The molecule has 2 aliphatic heterocycles. The zero-order valence-corrected chi connectivity index (χ0v) is 20.4. The summed E-state index contributed by atoms with van der Waals surface area (Å²) in [5.41, 5.74) is 0. The van der Waals surface area contributed by atoms with Crippen LogP contribution in [0, 0.1) is 0 Å². The fraction of sp³-hybridized carbons (Fsp3) is 0.824. The Kier molecular flexibility index (Phi) is 7.84. The van der Waals surface area contributed by atoms with Crippen molar-refractivity contribution in [1.29, 1.82) is 0 Å². The molecule has 0 spiro atoms. The van der Waals surface area contributed by atoms with Crippen LogP contribution in [0.4, 0.5) is 9.59 Å². The van der Waals surface area contributed by atoms with E-state index in [1.807, 2.05) is 0 Å². The Morgan fingerprint density at radius 2 is 1.97 bits per heavy atom.